The first-order chi connectivity index (χ1) is 14.2. The molecule has 2 N–H and O–H groups in total. The number of halogens is 1. The maximum atomic E-state index is 14.1. The third kappa shape index (κ3) is 4.57. The fourth-order valence-corrected chi connectivity index (χ4v) is 3.08. The van der Waals surface area contributed by atoms with Gasteiger partial charge in [-0.2, -0.15) is 0 Å². The van der Waals surface area contributed by atoms with Gasteiger partial charge in [0.25, 0.3) is 5.88 Å². The second-order valence-corrected chi connectivity index (χ2v) is 6.55. The molecule has 0 spiro atoms. The van der Waals surface area contributed by atoms with Gasteiger partial charge in [0.05, 0.1) is 13.3 Å². The highest BCUT2D eigenvalue weighted by atomic mass is 19.1. The molecule has 1 aliphatic heterocycles. The van der Waals surface area contributed by atoms with Crippen LogP contribution < -0.4 is 20.1 Å². The number of aromatic nitrogens is 4. The van der Waals surface area contributed by atoms with E-state index >= 15 is 0 Å². The van der Waals surface area contributed by atoms with Crippen LogP contribution in [0.1, 0.15) is 12.8 Å². The number of rotatable bonds is 7. The maximum absolute atomic E-state index is 14.1. The predicted octanol–water partition coefficient (Wildman–Crippen LogP) is 3.04. The highest BCUT2D eigenvalue weighted by Crippen LogP contribution is 2.30. The van der Waals surface area contributed by atoms with Crippen LogP contribution in [0.15, 0.2) is 42.9 Å². The molecule has 8 nitrogen and oxygen atoms in total. The summed E-state index contributed by atoms with van der Waals surface area (Å²) in [6.07, 6.45) is 7.08. The van der Waals surface area contributed by atoms with Crippen molar-refractivity contribution >= 4 is 5.82 Å². The van der Waals surface area contributed by atoms with Crippen molar-refractivity contribution in [3.63, 3.8) is 0 Å². The van der Waals surface area contributed by atoms with Crippen LogP contribution in [0, 0.1) is 5.82 Å². The van der Waals surface area contributed by atoms with Crippen molar-refractivity contribution in [1.82, 2.24) is 25.3 Å². The van der Waals surface area contributed by atoms with E-state index in [2.05, 4.69) is 30.6 Å². The topological polar surface area (TPSA) is 94.1 Å². The lowest BCUT2D eigenvalue weighted by Crippen LogP contribution is -2.29. The molecule has 3 heterocycles. The molecule has 3 aromatic rings. The molecule has 4 rings (SSSR count). The molecule has 1 saturated heterocycles. The Balaban J connectivity index is 1.62. The quantitative estimate of drug-likeness (QED) is 0.629. The van der Waals surface area contributed by atoms with Gasteiger partial charge < -0.3 is 20.1 Å². The Morgan fingerprint density at radius 2 is 2.10 bits per heavy atom. The van der Waals surface area contributed by atoms with Crippen molar-refractivity contribution in [2.45, 2.75) is 18.9 Å². The van der Waals surface area contributed by atoms with Crippen molar-refractivity contribution in [3.05, 3.63) is 48.7 Å². The Morgan fingerprint density at radius 3 is 2.83 bits per heavy atom. The summed E-state index contributed by atoms with van der Waals surface area (Å²) in [7, 11) is 1.41. The van der Waals surface area contributed by atoms with Gasteiger partial charge in [0.2, 0.25) is 0 Å². The average Bonchev–Trinajstić information content (AvgIpc) is 3.27. The number of nitrogens with zero attached hydrogens (tertiary/aromatic N) is 4. The van der Waals surface area contributed by atoms with Gasteiger partial charge in [0.15, 0.2) is 23.2 Å². The highest BCUT2D eigenvalue weighted by Gasteiger charge is 2.17. The van der Waals surface area contributed by atoms with Crippen LogP contribution in [0.2, 0.25) is 0 Å². The molecule has 0 saturated carbocycles. The fourth-order valence-electron chi connectivity index (χ4n) is 3.08. The van der Waals surface area contributed by atoms with Crippen molar-refractivity contribution < 1.29 is 13.9 Å². The molecule has 0 bridgehead atoms. The Hall–Kier alpha value is -3.33. The zero-order chi connectivity index (χ0) is 20.1. The second kappa shape index (κ2) is 8.78. The summed E-state index contributed by atoms with van der Waals surface area (Å²) in [5.41, 5.74) is 0.458. The zero-order valence-electron chi connectivity index (χ0n) is 15.9. The lowest BCUT2D eigenvalue weighted by molar-refractivity contribution is 0.382. The van der Waals surface area contributed by atoms with E-state index in [1.54, 1.807) is 30.7 Å². The maximum Gasteiger partial charge on any atom is 0.263 e. The normalized spacial score (nSPS) is 15.9. The molecule has 9 heteroatoms. The summed E-state index contributed by atoms with van der Waals surface area (Å²) in [6.45, 7) is 1.69. The van der Waals surface area contributed by atoms with E-state index in [4.69, 9.17) is 9.47 Å². The number of anilines is 1. The van der Waals surface area contributed by atoms with E-state index in [0.29, 0.717) is 29.9 Å². The summed E-state index contributed by atoms with van der Waals surface area (Å²) in [6, 6.07) is 6.43. The number of methoxy groups -OCH3 is 1. The summed E-state index contributed by atoms with van der Waals surface area (Å²) in [4.78, 5) is 17.3. The monoisotopic (exact) mass is 396 g/mol. The van der Waals surface area contributed by atoms with Gasteiger partial charge in [-0.1, -0.05) is 0 Å². The van der Waals surface area contributed by atoms with Gasteiger partial charge in [-0.15, -0.1) is 0 Å². The first kappa shape index (κ1) is 19.0. The Labute approximate surface area is 167 Å². The van der Waals surface area contributed by atoms with E-state index in [0.717, 1.165) is 19.4 Å². The van der Waals surface area contributed by atoms with Crippen LogP contribution in [0.3, 0.4) is 0 Å². The van der Waals surface area contributed by atoms with E-state index in [9.17, 15) is 4.39 Å². The lowest BCUT2D eigenvalue weighted by Gasteiger charge is -2.15. The summed E-state index contributed by atoms with van der Waals surface area (Å²) in [5.74, 6) is 1.01. The van der Waals surface area contributed by atoms with Gasteiger partial charge >= 0.3 is 0 Å². The van der Waals surface area contributed by atoms with Gasteiger partial charge in [-0.25, -0.2) is 24.3 Å². The van der Waals surface area contributed by atoms with E-state index in [1.807, 2.05) is 0 Å². The SMILES string of the molecule is COc1ccc(Oc2nc(-c3ncccn3)cnc2NC[C@@H]2CCCN2)cc1F. The Morgan fingerprint density at radius 1 is 1.24 bits per heavy atom. The van der Waals surface area contributed by atoms with Crippen LogP contribution in [0.4, 0.5) is 10.2 Å². The van der Waals surface area contributed by atoms with E-state index in [1.165, 1.54) is 19.2 Å². The van der Waals surface area contributed by atoms with Crippen LogP contribution in [-0.2, 0) is 0 Å². The molecule has 1 fully saturated rings. The van der Waals surface area contributed by atoms with Crippen LogP contribution in [-0.4, -0.2) is 46.2 Å². The number of benzene rings is 1. The van der Waals surface area contributed by atoms with E-state index < -0.39 is 5.82 Å². The molecule has 0 unspecified atom stereocenters. The number of hydrogen-bond donors (Lipinski definition) is 2. The largest absolute Gasteiger partial charge is 0.494 e. The van der Waals surface area contributed by atoms with Crippen molar-refractivity contribution in [2.75, 3.05) is 25.5 Å². The molecule has 0 amide bonds. The third-order valence-corrected chi connectivity index (χ3v) is 4.55. The molecule has 2 aromatic heterocycles. The molecule has 1 aromatic carbocycles. The Kier molecular flexibility index (Phi) is 5.76. The highest BCUT2D eigenvalue weighted by molar-refractivity contribution is 5.55. The van der Waals surface area contributed by atoms with Gasteiger partial charge in [0, 0.05) is 31.0 Å². The Bertz CT molecular complexity index is 966. The molecule has 29 heavy (non-hydrogen) atoms. The van der Waals surface area contributed by atoms with Crippen molar-refractivity contribution in [1.29, 1.82) is 0 Å². The van der Waals surface area contributed by atoms with Crippen LogP contribution in [0.25, 0.3) is 11.5 Å². The minimum absolute atomic E-state index is 0.139. The van der Waals surface area contributed by atoms with E-state index in [-0.39, 0.29) is 17.4 Å². The lowest BCUT2D eigenvalue weighted by atomic mass is 10.2. The number of hydrogen-bond acceptors (Lipinski definition) is 8. The fraction of sp³-hybridized carbons (Fsp3) is 0.300. The summed E-state index contributed by atoms with van der Waals surface area (Å²) < 4.78 is 24.9. The first-order valence-electron chi connectivity index (χ1n) is 9.36. The predicted molar refractivity (Wildman–Crippen MR) is 106 cm³/mol. The van der Waals surface area contributed by atoms with Crippen molar-refractivity contribution in [3.8, 4) is 28.9 Å². The minimum atomic E-state index is -0.523. The van der Waals surface area contributed by atoms with Crippen molar-refractivity contribution in [2.24, 2.45) is 0 Å². The molecule has 0 radical (unpaired) electrons. The van der Waals surface area contributed by atoms with Gasteiger partial charge in [0.1, 0.15) is 11.4 Å². The standard InChI is InChI=1S/C20H21FN6O2/c1-28-17-6-5-14(10-15(17)21)29-20-19(25-11-13-4-2-7-22-13)26-12-16(27-20)18-23-8-3-9-24-18/h3,5-6,8-10,12-13,22H,2,4,7,11H2,1H3,(H,25,26)/t13-/m0/s1. The minimum Gasteiger partial charge on any atom is -0.494 e. The molecular formula is C20H21FN6O2. The third-order valence-electron chi connectivity index (χ3n) is 4.55. The molecule has 1 atom stereocenters. The molecule has 0 aliphatic carbocycles. The average molecular weight is 396 g/mol. The zero-order valence-corrected chi connectivity index (χ0v) is 15.9. The molecule has 1 aliphatic rings. The van der Waals surface area contributed by atoms with Gasteiger partial charge in [-0.3, -0.25) is 0 Å². The smallest absolute Gasteiger partial charge is 0.263 e. The first-order valence-corrected chi connectivity index (χ1v) is 9.36. The second-order valence-electron chi connectivity index (χ2n) is 6.55. The molecule has 150 valence electrons. The van der Waals surface area contributed by atoms with Crippen LogP contribution >= 0.6 is 0 Å². The summed E-state index contributed by atoms with van der Waals surface area (Å²) >= 11 is 0. The number of nitrogens with one attached hydrogen (secondary N) is 2. The molecular weight excluding hydrogens is 375 g/mol. The summed E-state index contributed by atoms with van der Waals surface area (Å²) in [5, 5.41) is 6.69. The number of ether oxygens (including phenoxy) is 2. The van der Waals surface area contributed by atoms with Crippen LogP contribution in [0.5, 0.6) is 17.4 Å². The van der Waals surface area contributed by atoms with Gasteiger partial charge in [-0.05, 0) is 37.6 Å².